The molecule has 0 radical (unpaired) electrons. The Morgan fingerprint density at radius 2 is 1.44 bits per heavy atom. The Morgan fingerprint density at radius 1 is 0.750 bits per heavy atom. The molecule has 388 valence electrons. The number of unbranched alkanes of at least 4 members (excludes halogenated alkanes) is 1. The Bertz CT molecular complexity index is 2270. The molecule has 4 aliphatic heterocycles. The quantitative estimate of drug-likeness (QED) is 0.0454. The molecule has 1 aromatic heterocycles. The molecular weight excluding hydrogens is 943 g/mol. The topological polar surface area (TPSA) is 198 Å². The van der Waals surface area contributed by atoms with Gasteiger partial charge in [0, 0.05) is 105 Å². The van der Waals surface area contributed by atoms with E-state index in [1.54, 1.807) is 47.3 Å². The average Bonchev–Trinajstić information content (AvgIpc) is 3.74. The first-order valence-corrected chi connectivity index (χ1v) is 26.3. The van der Waals surface area contributed by atoms with E-state index in [-0.39, 0.29) is 42.6 Å². The van der Waals surface area contributed by atoms with E-state index in [4.69, 9.17) is 23.7 Å². The van der Waals surface area contributed by atoms with Gasteiger partial charge in [-0.3, -0.25) is 39.1 Å². The minimum atomic E-state index is -0.634. The number of ether oxygens (including phenoxy) is 5. The average molecular weight is 1010 g/mol. The van der Waals surface area contributed by atoms with E-state index in [0.717, 1.165) is 66.9 Å². The van der Waals surface area contributed by atoms with E-state index in [0.29, 0.717) is 128 Å². The molecule has 19 heteroatoms. The second-order valence-electron chi connectivity index (χ2n) is 18.1. The second-order valence-corrected chi connectivity index (χ2v) is 19.2. The van der Waals surface area contributed by atoms with E-state index in [9.17, 15) is 28.8 Å². The molecule has 0 aliphatic carbocycles. The lowest BCUT2D eigenvalue weighted by molar-refractivity contribution is -0.138. The number of imide groups is 1. The lowest BCUT2D eigenvalue weighted by Crippen LogP contribution is -2.52. The number of piperidine rings is 2. The van der Waals surface area contributed by atoms with Crippen LogP contribution in [0.3, 0.4) is 0 Å². The number of nitrogens with zero attached hydrogens (tertiary/aromatic N) is 5. The van der Waals surface area contributed by atoms with Gasteiger partial charge in [-0.25, -0.2) is 0 Å². The van der Waals surface area contributed by atoms with Gasteiger partial charge in [0.2, 0.25) is 23.6 Å². The summed E-state index contributed by atoms with van der Waals surface area (Å²) in [5.74, 6) is 0.315. The van der Waals surface area contributed by atoms with Crippen LogP contribution in [0.15, 0.2) is 78.0 Å². The standard InChI is InChI=1S/C53H69N7O11S/c61-48(15-9-41-6-4-19-54-37-41)55-20-2-1-5-40-17-21-59(22-18-40)52(65)42-10-12-43(13-11-42)57-23-25-58(26-24-57)50(63)39-71-34-33-69-30-29-67-27-28-68-31-32-70-35-36-72-47-8-3-7-44-45(47)38-60(53(44)66)46-14-16-49(62)56-51(46)64/h3-4,6-13,15,19,37,40,46H,1-2,5,14,16-18,20-36,38-39H2,(H,55,61)(H,56,62,64)/b15-9+. The van der Waals surface area contributed by atoms with Gasteiger partial charge in [-0.2, -0.15) is 0 Å². The van der Waals surface area contributed by atoms with Crippen LogP contribution in [0.4, 0.5) is 5.69 Å². The van der Waals surface area contributed by atoms with Crippen molar-refractivity contribution in [3.63, 3.8) is 0 Å². The zero-order chi connectivity index (χ0) is 50.3. The van der Waals surface area contributed by atoms with Gasteiger partial charge in [0.25, 0.3) is 11.8 Å². The van der Waals surface area contributed by atoms with Gasteiger partial charge < -0.3 is 48.6 Å². The van der Waals surface area contributed by atoms with Crippen LogP contribution in [-0.4, -0.2) is 179 Å². The van der Waals surface area contributed by atoms with Crippen molar-refractivity contribution in [3.05, 3.63) is 95.3 Å². The fourth-order valence-electron chi connectivity index (χ4n) is 9.14. The number of amides is 6. The number of likely N-dealkylation sites (tertiary alicyclic amines) is 1. The summed E-state index contributed by atoms with van der Waals surface area (Å²) in [5, 5.41) is 5.29. The lowest BCUT2D eigenvalue weighted by atomic mass is 9.91. The summed E-state index contributed by atoms with van der Waals surface area (Å²) in [6.45, 7) is 8.84. The highest BCUT2D eigenvalue weighted by Gasteiger charge is 2.40. The number of pyridine rings is 1. The molecule has 72 heavy (non-hydrogen) atoms. The Hall–Kier alpha value is -5.70. The minimum Gasteiger partial charge on any atom is -0.378 e. The summed E-state index contributed by atoms with van der Waals surface area (Å²) < 4.78 is 28.1. The highest BCUT2D eigenvalue weighted by atomic mass is 32.2. The van der Waals surface area contributed by atoms with Crippen molar-refractivity contribution in [1.29, 1.82) is 0 Å². The first-order valence-electron chi connectivity index (χ1n) is 25.3. The summed E-state index contributed by atoms with van der Waals surface area (Å²) in [6, 6.07) is 16.5. The number of carbonyl (C=O) groups is 6. The SMILES string of the molecule is O=C(/C=C/c1cccnc1)NCCCCC1CCN(C(=O)c2ccc(N3CCN(C(=O)COCCOCCOCCOCCOCCSc4cccc5c4CN(C4CCC(=O)NC4=O)C5=O)CC3)cc2)CC1. The van der Waals surface area contributed by atoms with Crippen molar-refractivity contribution in [1.82, 2.24) is 30.3 Å². The molecule has 3 saturated heterocycles. The number of hydrogen-bond donors (Lipinski definition) is 2. The van der Waals surface area contributed by atoms with Crippen LogP contribution in [0.1, 0.15) is 76.8 Å². The van der Waals surface area contributed by atoms with Crippen LogP contribution in [0.2, 0.25) is 0 Å². The number of nitrogens with one attached hydrogen (secondary N) is 2. The van der Waals surface area contributed by atoms with Crippen LogP contribution in [-0.2, 0) is 49.4 Å². The zero-order valence-corrected chi connectivity index (χ0v) is 42.0. The first-order chi connectivity index (χ1) is 35.2. The van der Waals surface area contributed by atoms with Crippen molar-refractivity contribution < 1.29 is 52.5 Å². The molecule has 4 aliphatic rings. The lowest BCUT2D eigenvalue weighted by Gasteiger charge is -2.36. The maximum Gasteiger partial charge on any atom is 0.255 e. The van der Waals surface area contributed by atoms with Crippen molar-refractivity contribution in [3.8, 4) is 0 Å². The summed E-state index contributed by atoms with van der Waals surface area (Å²) in [5.41, 5.74) is 4.13. The van der Waals surface area contributed by atoms with Crippen molar-refractivity contribution in [2.75, 3.05) is 123 Å². The number of hydrogen-bond acceptors (Lipinski definition) is 14. The number of fused-ring (bicyclic) bond motifs is 1. The molecule has 6 amide bonds. The third-order valence-corrected chi connectivity index (χ3v) is 14.3. The smallest absolute Gasteiger partial charge is 0.255 e. The molecule has 1 unspecified atom stereocenters. The molecule has 2 N–H and O–H groups in total. The van der Waals surface area contributed by atoms with Gasteiger partial charge >= 0.3 is 0 Å². The van der Waals surface area contributed by atoms with Gasteiger partial charge in [-0.1, -0.05) is 25.0 Å². The number of piperazine rings is 1. The molecule has 7 rings (SSSR count). The van der Waals surface area contributed by atoms with E-state index >= 15 is 0 Å². The largest absolute Gasteiger partial charge is 0.378 e. The normalized spacial score (nSPS) is 17.4. The Kier molecular flexibility index (Phi) is 21.9. The maximum absolute atomic E-state index is 13.3. The third kappa shape index (κ3) is 16.7. The number of carbonyl (C=O) groups excluding carboxylic acids is 6. The molecular formula is C53H69N7O11S. The number of benzene rings is 2. The molecule has 2 aromatic carbocycles. The van der Waals surface area contributed by atoms with Gasteiger partial charge in [0.05, 0.1) is 59.5 Å². The first kappa shape index (κ1) is 54.1. The number of anilines is 1. The molecule has 5 heterocycles. The Morgan fingerprint density at radius 3 is 2.12 bits per heavy atom. The van der Waals surface area contributed by atoms with Gasteiger partial charge in [-0.05, 0) is 91.3 Å². The molecule has 0 bridgehead atoms. The molecule has 0 spiro atoms. The third-order valence-electron chi connectivity index (χ3n) is 13.2. The van der Waals surface area contributed by atoms with E-state index in [1.165, 1.54) is 0 Å². The van der Waals surface area contributed by atoms with Crippen LogP contribution >= 0.6 is 11.8 Å². The predicted molar refractivity (Wildman–Crippen MR) is 271 cm³/mol. The summed E-state index contributed by atoms with van der Waals surface area (Å²) in [4.78, 5) is 87.9. The minimum absolute atomic E-state index is 0.00385. The predicted octanol–water partition coefficient (Wildman–Crippen LogP) is 4.22. The summed E-state index contributed by atoms with van der Waals surface area (Å²) >= 11 is 1.60. The van der Waals surface area contributed by atoms with E-state index in [1.807, 2.05) is 58.3 Å². The van der Waals surface area contributed by atoms with Crippen LogP contribution < -0.4 is 15.5 Å². The van der Waals surface area contributed by atoms with Gasteiger partial charge in [0.15, 0.2) is 0 Å². The highest BCUT2D eigenvalue weighted by Crippen LogP contribution is 2.34. The highest BCUT2D eigenvalue weighted by molar-refractivity contribution is 7.99. The molecule has 3 fully saturated rings. The fourth-order valence-corrected chi connectivity index (χ4v) is 10.1. The zero-order valence-electron chi connectivity index (χ0n) is 41.2. The van der Waals surface area contributed by atoms with Crippen LogP contribution in [0.25, 0.3) is 6.08 Å². The molecule has 1 atom stereocenters. The monoisotopic (exact) mass is 1010 g/mol. The second kappa shape index (κ2) is 29.1. The van der Waals surface area contributed by atoms with Crippen molar-refractivity contribution in [2.24, 2.45) is 5.92 Å². The van der Waals surface area contributed by atoms with Crippen LogP contribution in [0, 0.1) is 5.92 Å². The van der Waals surface area contributed by atoms with Crippen molar-refractivity contribution >= 4 is 59.0 Å². The fraction of sp³-hybridized carbons (Fsp3) is 0.528. The number of rotatable bonds is 28. The van der Waals surface area contributed by atoms with Gasteiger partial charge in [0.1, 0.15) is 12.6 Å². The maximum atomic E-state index is 13.3. The number of aromatic nitrogens is 1. The molecule has 18 nitrogen and oxygen atoms in total. The Labute approximate surface area is 426 Å². The van der Waals surface area contributed by atoms with E-state index < -0.39 is 11.9 Å². The van der Waals surface area contributed by atoms with E-state index in [2.05, 4.69) is 20.5 Å². The summed E-state index contributed by atoms with van der Waals surface area (Å²) in [7, 11) is 0. The Balaban J connectivity index is 0.635. The van der Waals surface area contributed by atoms with Crippen LogP contribution in [0.5, 0.6) is 0 Å². The van der Waals surface area contributed by atoms with Crippen molar-refractivity contribution in [2.45, 2.75) is 62.4 Å². The van der Waals surface area contributed by atoms with Gasteiger partial charge in [-0.15, -0.1) is 11.8 Å². The number of thioether (sulfide) groups is 1. The summed E-state index contributed by atoms with van der Waals surface area (Å²) in [6.07, 6.45) is 12.3. The molecule has 0 saturated carbocycles. The molecule has 3 aromatic rings.